The molecule has 0 unspecified atom stereocenters. The van der Waals surface area contributed by atoms with Crippen LogP contribution in [0.2, 0.25) is 5.02 Å². The minimum absolute atomic E-state index is 0.0544. The average Bonchev–Trinajstić information content (AvgIpc) is 3.39. The summed E-state index contributed by atoms with van der Waals surface area (Å²) in [6.07, 6.45) is 3.36. The number of halogens is 2. The van der Waals surface area contributed by atoms with Crippen molar-refractivity contribution in [1.82, 2.24) is 10.2 Å². The number of amides is 2. The van der Waals surface area contributed by atoms with Crippen LogP contribution >= 0.6 is 27.5 Å². The first kappa shape index (κ1) is 15.0. The van der Waals surface area contributed by atoms with Gasteiger partial charge in [0.05, 0.1) is 5.02 Å². The van der Waals surface area contributed by atoms with E-state index in [0.29, 0.717) is 16.4 Å². The maximum absolute atomic E-state index is 12.6. The highest BCUT2D eigenvalue weighted by molar-refractivity contribution is 9.10. The van der Waals surface area contributed by atoms with E-state index < -0.39 is 0 Å². The van der Waals surface area contributed by atoms with E-state index in [1.807, 2.05) is 6.07 Å². The van der Waals surface area contributed by atoms with E-state index in [4.69, 9.17) is 11.6 Å². The minimum atomic E-state index is -0.156. The van der Waals surface area contributed by atoms with Crippen LogP contribution in [0.4, 0.5) is 5.82 Å². The highest BCUT2D eigenvalue weighted by Gasteiger charge is 2.42. The smallest absolute Gasteiger partial charge is 0.238 e. The van der Waals surface area contributed by atoms with E-state index >= 15 is 0 Å². The number of anilines is 1. The number of carbonyl (C=O) groups is 2. The van der Waals surface area contributed by atoms with Crippen molar-refractivity contribution in [3.8, 4) is 0 Å². The molecule has 0 aliphatic heterocycles. The molecule has 0 bridgehead atoms. The quantitative estimate of drug-likeness (QED) is 0.744. The molecule has 2 aromatic rings. The molecule has 0 atom stereocenters. The van der Waals surface area contributed by atoms with Gasteiger partial charge in [0.1, 0.15) is 5.52 Å². The van der Waals surface area contributed by atoms with E-state index in [-0.39, 0.29) is 23.7 Å². The van der Waals surface area contributed by atoms with Gasteiger partial charge in [0.15, 0.2) is 5.82 Å². The Kier molecular flexibility index (Phi) is 3.61. The number of nitrogens with zero attached hydrogens (tertiary/aromatic N) is 3. The molecular weight excluding hydrogens is 382 g/mol. The lowest BCUT2D eigenvalue weighted by Crippen LogP contribution is -2.39. The summed E-state index contributed by atoms with van der Waals surface area (Å²) in [5, 5.41) is 9.43. The van der Waals surface area contributed by atoms with E-state index in [1.165, 1.54) is 4.90 Å². The SMILES string of the molecule is O=C(C1CC1)N(C(=O)C1CC1)c1cc2cc(Br)cc(Cl)c2nn1. The van der Waals surface area contributed by atoms with Crippen molar-refractivity contribution in [3.63, 3.8) is 0 Å². The van der Waals surface area contributed by atoms with Gasteiger partial charge in [0.2, 0.25) is 11.8 Å². The molecule has 118 valence electrons. The van der Waals surface area contributed by atoms with Gasteiger partial charge in [-0.15, -0.1) is 10.2 Å². The van der Waals surface area contributed by atoms with E-state index in [2.05, 4.69) is 26.1 Å². The molecule has 5 nitrogen and oxygen atoms in total. The summed E-state index contributed by atoms with van der Waals surface area (Å²) in [5.41, 5.74) is 0.552. The fourth-order valence-electron chi connectivity index (χ4n) is 2.54. The lowest BCUT2D eigenvalue weighted by atomic mass is 10.2. The first-order chi connectivity index (χ1) is 11.0. The number of benzene rings is 1. The van der Waals surface area contributed by atoms with Crippen molar-refractivity contribution < 1.29 is 9.59 Å². The van der Waals surface area contributed by atoms with Crippen LogP contribution in [0.1, 0.15) is 25.7 Å². The molecule has 2 amide bonds. The van der Waals surface area contributed by atoms with E-state index in [1.54, 1.807) is 12.1 Å². The second kappa shape index (κ2) is 5.53. The van der Waals surface area contributed by atoms with Crippen molar-refractivity contribution >= 4 is 56.1 Å². The van der Waals surface area contributed by atoms with Crippen LogP contribution in [0.3, 0.4) is 0 Å². The number of rotatable bonds is 3. The second-order valence-electron chi connectivity index (χ2n) is 6.09. The molecular formula is C16H13BrClN3O2. The van der Waals surface area contributed by atoms with E-state index in [0.717, 1.165) is 35.5 Å². The Morgan fingerprint density at radius 1 is 1.04 bits per heavy atom. The predicted molar refractivity (Wildman–Crippen MR) is 90.2 cm³/mol. The summed E-state index contributed by atoms with van der Waals surface area (Å²) in [7, 11) is 0. The molecule has 0 radical (unpaired) electrons. The maximum Gasteiger partial charge on any atom is 0.238 e. The third kappa shape index (κ3) is 2.85. The van der Waals surface area contributed by atoms with Gasteiger partial charge in [-0.25, -0.2) is 4.90 Å². The first-order valence-electron chi connectivity index (χ1n) is 7.55. The molecule has 1 heterocycles. The number of hydrogen-bond donors (Lipinski definition) is 0. The zero-order chi connectivity index (χ0) is 16.1. The molecule has 23 heavy (non-hydrogen) atoms. The number of fused-ring (bicyclic) bond motifs is 1. The molecule has 2 aliphatic carbocycles. The first-order valence-corrected chi connectivity index (χ1v) is 8.72. The average molecular weight is 395 g/mol. The third-order valence-electron chi connectivity index (χ3n) is 4.12. The Hall–Kier alpha value is -1.53. The van der Waals surface area contributed by atoms with Gasteiger partial charge in [-0.05, 0) is 43.9 Å². The molecule has 2 fully saturated rings. The molecule has 1 aromatic carbocycles. The topological polar surface area (TPSA) is 63.2 Å². The Balaban J connectivity index is 1.79. The number of carbonyl (C=O) groups excluding carboxylic acids is 2. The van der Waals surface area contributed by atoms with Gasteiger partial charge in [-0.1, -0.05) is 27.5 Å². The van der Waals surface area contributed by atoms with Crippen LogP contribution in [-0.4, -0.2) is 22.0 Å². The lowest BCUT2D eigenvalue weighted by molar-refractivity contribution is -0.127. The molecule has 0 saturated heterocycles. The third-order valence-corrected chi connectivity index (χ3v) is 4.86. The zero-order valence-corrected chi connectivity index (χ0v) is 14.5. The van der Waals surface area contributed by atoms with Gasteiger partial charge in [-0.2, -0.15) is 0 Å². The zero-order valence-electron chi connectivity index (χ0n) is 12.1. The van der Waals surface area contributed by atoms with Gasteiger partial charge in [-0.3, -0.25) is 9.59 Å². The fourth-order valence-corrected chi connectivity index (χ4v) is 3.41. The van der Waals surface area contributed by atoms with Crippen molar-refractivity contribution in [3.05, 3.63) is 27.7 Å². The molecule has 2 saturated carbocycles. The summed E-state index contributed by atoms with van der Waals surface area (Å²) in [5.74, 6) is -0.128. The predicted octanol–water partition coefficient (Wildman–Crippen LogP) is 3.73. The van der Waals surface area contributed by atoms with E-state index in [9.17, 15) is 9.59 Å². The van der Waals surface area contributed by atoms with Gasteiger partial charge in [0.25, 0.3) is 0 Å². The molecule has 0 N–H and O–H groups in total. The normalized spacial score (nSPS) is 17.3. The number of aromatic nitrogens is 2. The number of hydrogen-bond acceptors (Lipinski definition) is 4. The summed E-state index contributed by atoms with van der Waals surface area (Å²) in [6, 6.07) is 5.29. The standard InChI is InChI=1S/C16H13BrClN3O2/c17-11-5-10-6-13(19-20-14(10)12(18)7-11)21(15(22)8-1-2-8)16(23)9-3-4-9/h5-9H,1-4H2. The van der Waals surface area contributed by atoms with Gasteiger partial charge in [0, 0.05) is 21.7 Å². The van der Waals surface area contributed by atoms with Crippen molar-refractivity contribution in [1.29, 1.82) is 0 Å². The molecule has 7 heteroatoms. The highest BCUT2D eigenvalue weighted by atomic mass is 79.9. The fraction of sp³-hybridized carbons (Fsp3) is 0.375. The monoisotopic (exact) mass is 393 g/mol. The molecule has 0 spiro atoms. The summed E-state index contributed by atoms with van der Waals surface area (Å²) in [6.45, 7) is 0. The second-order valence-corrected chi connectivity index (χ2v) is 7.41. The summed E-state index contributed by atoms with van der Waals surface area (Å²) < 4.78 is 0.808. The van der Waals surface area contributed by atoms with Crippen LogP contribution in [0, 0.1) is 11.8 Å². The van der Waals surface area contributed by atoms with Crippen LogP contribution in [0.5, 0.6) is 0 Å². The maximum atomic E-state index is 12.6. The van der Waals surface area contributed by atoms with Crippen LogP contribution < -0.4 is 4.90 Å². The molecule has 4 rings (SSSR count). The van der Waals surface area contributed by atoms with Crippen LogP contribution in [0.15, 0.2) is 22.7 Å². The van der Waals surface area contributed by atoms with Crippen LogP contribution in [0.25, 0.3) is 10.9 Å². The van der Waals surface area contributed by atoms with Crippen molar-refractivity contribution in [2.45, 2.75) is 25.7 Å². The largest absolute Gasteiger partial charge is 0.274 e. The van der Waals surface area contributed by atoms with Crippen molar-refractivity contribution in [2.24, 2.45) is 11.8 Å². The van der Waals surface area contributed by atoms with Crippen molar-refractivity contribution in [2.75, 3.05) is 4.90 Å². The summed E-state index contributed by atoms with van der Waals surface area (Å²) >= 11 is 9.55. The van der Waals surface area contributed by atoms with Gasteiger partial charge >= 0.3 is 0 Å². The molecule has 2 aliphatic rings. The van der Waals surface area contributed by atoms with Crippen LogP contribution in [-0.2, 0) is 9.59 Å². The molecule has 1 aromatic heterocycles. The Morgan fingerprint density at radius 3 is 2.22 bits per heavy atom. The highest BCUT2D eigenvalue weighted by Crippen LogP contribution is 2.37. The Labute approximate surface area is 146 Å². The van der Waals surface area contributed by atoms with Gasteiger partial charge < -0.3 is 0 Å². The minimum Gasteiger partial charge on any atom is -0.274 e. The Morgan fingerprint density at radius 2 is 1.65 bits per heavy atom. The summed E-state index contributed by atoms with van der Waals surface area (Å²) in [4.78, 5) is 26.3. The Bertz CT molecular complexity index is 809. The lowest BCUT2D eigenvalue weighted by Gasteiger charge is -2.19. The number of imide groups is 1.